The van der Waals surface area contributed by atoms with E-state index in [1.165, 1.54) is 17.5 Å². The van der Waals surface area contributed by atoms with E-state index < -0.39 is 0 Å². The van der Waals surface area contributed by atoms with Gasteiger partial charge in [-0.25, -0.2) is 0 Å². The second kappa shape index (κ2) is 4.40. The number of carbonyl (C=O) groups excluding carboxylic acids is 1. The van der Waals surface area contributed by atoms with E-state index >= 15 is 0 Å². The molecule has 1 saturated carbocycles. The molecule has 0 aliphatic heterocycles. The van der Waals surface area contributed by atoms with Crippen molar-refractivity contribution in [3.63, 3.8) is 0 Å². The summed E-state index contributed by atoms with van der Waals surface area (Å²) < 4.78 is 0. The van der Waals surface area contributed by atoms with E-state index in [0.29, 0.717) is 5.78 Å². The van der Waals surface area contributed by atoms with E-state index in [1.807, 2.05) is 0 Å². The van der Waals surface area contributed by atoms with E-state index in [1.54, 1.807) is 0 Å². The van der Waals surface area contributed by atoms with E-state index in [9.17, 15) is 4.79 Å². The summed E-state index contributed by atoms with van der Waals surface area (Å²) in [6.07, 6.45) is 4.83. The lowest BCUT2D eigenvalue weighted by Gasteiger charge is -2.23. The average molecular weight is 216 g/mol. The first kappa shape index (κ1) is 11.4. The number of Topliss-reactive ketones (excluding diaryl/α,β-unsaturated/α-hetero) is 1. The monoisotopic (exact) mass is 216 g/mol. The number of hydrogen-bond donors (Lipinski definition) is 0. The maximum absolute atomic E-state index is 11.4. The SMILES string of the molecule is CCCc1ccc(C2(C)CCC(=O)C2)cc1. The minimum atomic E-state index is 0.0990. The largest absolute Gasteiger partial charge is 0.300 e. The standard InChI is InChI=1S/C15H20O/c1-3-4-12-5-7-13(8-6-12)15(2)10-9-14(16)11-15/h5-8H,3-4,9-11H2,1-2H3. The highest BCUT2D eigenvalue weighted by Crippen LogP contribution is 2.38. The number of ketones is 1. The maximum Gasteiger partial charge on any atom is 0.133 e. The molecule has 1 aromatic rings. The topological polar surface area (TPSA) is 17.1 Å². The third kappa shape index (κ3) is 2.18. The van der Waals surface area contributed by atoms with Gasteiger partial charge < -0.3 is 0 Å². The molecule has 0 radical (unpaired) electrons. The van der Waals surface area contributed by atoms with Crippen LogP contribution in [0.15, 0.2) is 24.3 Å². The normalized spacial score (nSPS) is 25.0. The molecule has 0 aromatic heterocycles. The predicted octanol–water partition coefficient (Wildman–Crippen LogP) is 3.65. The van der Waals surface area contributed by atoms with Gasteiger partial charge in [0.1, 0.15) is 5.78 Å². The van der Waals surface area contributed by atoms with Crippen LogP contribution in [-0.4, -0.2) is 5.78 Å². The van der Waals surface area contributed by atoms with Crippen LogP contribution < -0.4 is 0 Å². The van der Waals surface area contributed by atoms with Crippen LogP contribution in [-0.2, 0) is 16.6 Å². The second-order valence-corrected chi connectivity index (χ2v) is 5.22. The molecular formula is C15H20O. The van der Waals surface area contributed by atoms with Gasteiger partial charge in [0.25, 0.3) is 0 Å². The maximum atomic E-state index is 11.4. The first-order valence-electron chi connectivity index (χ1n) is 6.25. The zero-order valence-electron chi connectivity index (χ0n) is 10.3. The van der Waals surface area contributed by atoms with Crippen LogP contribution in [0.2, 0.25) is 0 Å². The van der Waals surface area contributed by atoms with E-state index in [2.05, 4.69) is 38.1 Å². The molecule has 0 spiro atoms. The van der Waals surface area contributed by atoms with Gasteiger partial charge in [-0.2, -0.15) is 0 Å². The number of aryl methyl sites for hydroxylation is 1. The van der Waals surface area contributed by atoms with Crippen LogP contribution >= 0.6 is 0 Å². The Labute approximate surface area is 97.9 Å². The molecule has 0 amide bonds. The Hall–Kier alpha value is -1.11. The van der Waals surface area contributed by atoms with Crippen LogP contribution in [0.25, 0.3) is 0 Å². The first-order chi connectivity index (χ1) is 7.64. The van der Waals surface area contributed by atoms with Crippen molar-refractivity contribution in [2.24, 2.45) is 0 Å². The van der Waals surface area contributed by atoms with Gasteiger partial charge in [0.2, 0.25) is 0 Å². The Bertz CT molecular complexity index is 377. The lowest BCUT2D eigenvalue weighted by atomic mass is 9.80. The van der Waals surface area contributed by atoms with Gasteiger partial charge in [0.05, 0.1) is 0 Å². The summed E-state index contributed by atoms with van der Waals surface area (Å²) in [4.78, 5) is 11.4. The number of hydrogen-bond acceptors (Lipinski definition) is 1. The third-order valence-electron chi connectivity index (χ3n) is 3.73. The number of benzene rings is 1. The summed E-state index contributed by atoms with van der Waals surface area (Å²) in [5.41, 5.74) is 2.83. The number of rotatable bonds is 3. The highest BCUT2D eigenvalue weighted by Gasteiger charge is 2.35. The van der Waals surface area contributed by atoms with Crippen molar-refractivity contribution in [1.82, 2.24) is 0 Å². The molecule has 1 atom stereocenters. The molecule has 2 rings (SSSR count). The van der Waals surface area contributed by atoms with Crippen LogP contribution in [0.4, 0.5) is 0 Å². The van der Waals surface area contributed by atoms with Crippen molar-refractivity contribution in [2.75, 3.05) is 0 Å². The summed E-state index contributed by atoms with van der Waals surface area (Å²) in [7, 11) is 0. The molecule has 0 heterocycles. The minimum Gasteiger partial charge on any atom is -0.300 e. The quantitative estimate of drug-likeness (QED) is 0.753. The highest BCUT2D eigenvalue weighted by molar-refractivity contribution is 5.82. The summed E-state index contributed by atoms with van der Waals surface area (Å²) in [5, 5.41) is 0. The molecular weight excluding hydrogens is 196 g/mol. The fourth-order valence-corrected chi connectivity index (χ4v) is 2.64. The van der Waals surface area contributed by atoms with Gasteiger partial charge >= 0.3 is 0 Å². The lowest BCUT2D eigenvalue weighted by molar-refractivity contribution is -0.117. The molecule has 0 bridgehead atoms. The number of carbonyl (C=O) groups is 1. The van der Waals surface area contributed by atoms with Gasteiger partial charge in [0, 0.05) is 12.8 Å². The van der Waals surface area contributed by atoms with E-state index in [-0.39, 0.29) is 5.41 Å². The molecule has 1 unspecified atom stereocenters. The molecule has 1 nitrogen and oxygen atoms in total. The third-order valence-corrected chi connectivity index (χ3v) is 3.73. The molecule has 1 aromatic carbocycles. The van der Waals surface area contributed by atoms with Crippen molar-refractivity contribution >= 4 is 5.78 Å². The fourth-order valence-electron chi connectivity index (χ4n) is 2.64. The Kier molecular flexibility index (Phi) is 3.13. The molecule has 1 fully saturated rings. The van der Waals surface area contributed by atoms with Crippen molar-refractivity contribution < 1.29 is 4.79 Å². The Morgan fingerprint density at radius 3 is 2.44 bits per heavy atom. The predicted molar refractivity (Wildman–Crippen MR) is 66.6 cm³/mol. The lowest BCUT2D eigenvalue weighted by Crippen LogP contribution is -2.17. The first-order valence-corrected chi connectivity index (χ1v) is 6.25. The van der Waals surface area contributed by atoms with Gasteiger partial charge in [-0.15, -0.1) is 0 Å². The zero-order valence-corrected chi connectivity index (χ0v) is 10.3. The molecule has 16 heavy (non-hydrogen) atoms. The molecule has 1 aliphatic rings. The van der Waals surface area contributed by atoms with Gasteiger partial charge in [-0.3, -0.25) is 4.79 Å². The van der Waals surface area contributed by atoms with Crippen molar-refractivity contribution in [1.29, 1.82) is 0 Å². The Morgan fingerprint density at radius 1 is 1.25 bits per heavy atom. The Balaban J connectivity index is 2.18. The van der Waals surface area contributed by atoms with Crippen LogP contribution in [0.3, 0.4) is 0 Å². The van der Waals surface area contributed by atoms with E-state index in [0.717, 1.165) is 25.7 Å². The second-order valence-electron chi connectivity index (χ2n) is 5.22. The van der Waals surface area contributed by atoms with Gasteiger partial charge in [-0.1, -0.05) is 44.5 Å². The molecule has 1 aliphatic carbocycles. The summed E-state index contributed by atoms with van der Waals surface area (Å²) in [6.45, 7) is 4.41. The smallest absolute Gasteiger partial charge is 0.133 e. The van der Waals surface area contributed by atoms with Crippen molar-refractivity contribution in [2.45, 2.75) is 51.4 Å². The van der Waals surface area contributed by atoms with Crippen LogP contribution in [0, 0.1) is 0 Å². The van der Waals surface area contributed by atoms with Gasteiger partial charge in [-0.05, 0) is 29.4 Å². The summed E-state index contributed by atoms with van der Waals surface area (Å²) in [5.74, 6) is 0.417. The highest BCUT2D eigenvalue weighted by atomic mass is 16.1. The molecule has 86 valence electrons. The Morgan fingerprint density at radius 2 is 1.94 bits per heavy atom. The zero-order chi connectivity index (χ0) is 11.6. The summed E-state index contributed by atoms with van der Waals surface area (Å²) in [6, 6.07) is 8.85. The average Bonchev–Trinajstić information content (AvgIpc) is 2.61. The molecule has 1 heteroatoms. The van der Waals surface area contributed by atoms with Crippen molar-refractivity contribution in [3.05, 3.63) is 35.4 Å². The van der Waals surface area contributed by atoms with Crippen LogP contribution in [0.1, 0.15) is 50.7 Å². The van der Waals surface area contributed by atoms with E-state index in [4.69, 9.17) is 0 Å². The molecule has 0 saturated heterocycles. The molecule has 0 N–H and O–H groups in total. The minimum absolute atomic E-state index is 0.0990. The fraction of sp³-hybridized carbons (Fsp3) is 0.533. The van der Waals surface area contributed by atoms with Crippen LogP contribution in [0.5, 0.6) is 0 Å². The summed E-state index contributed by atoms with van der Waals surface area (Å²) >= 11 is 0. The van der Waals surface area contributed by atoms with Crippen molar-refractivity contribution in [3.8, 4) is 0 Å². The van der Waals surface area contributed by atoms with Gasteiger partial charge in [0.15, 0.2) is 0 Å².